The molecule has 9 nitrogen and oxygen atoms in total. The van der Waals surface area contributed by atoms with Crippen molar-refractivity contribution in [3.63, 3.8) is 0 Å². The lowest BCUT2D eigenvalue weighted by Crippen LogP contribution is -2.48. The predicted molar refractivity (Wildman–Crippen MR) is 139 cm³/mol. The van der Waals surface area contributed by atoms with Crippen LogP contribution >= 0.6 is 0 Å². The maximum Gasteiger partial charge on any atom is 0.230 e. The number of amides is 1. The van der Waals surface area contributed by atoms with Gasteiger partial charge in [0.05, 0.1) is 0 Å². The Labute approximate surface area is 210 Å². The molecule has 36 heavy (non-hydrogen) atoms. The van der Waals surface area contributed by atoms with Gasteiger partial charge < -0.3 is 24.7 Å². The fraction of sp³-hybridized carbons (Fsp3) is 0.296. The number of carbonyl (C=O) groups is 1. The van der Waals surface area contributed by atoms with E-state index < -0.39 is 0 Å². The molecule has 186 valence electrons. The van der Waals surface area contributed by atoms with E-state index in [2.05, 4.69) is 31.2 Å². The molecule has 3 heterocycles. The molecule has 5 rings (SSSR count). The van der Waals surface area contributed by atoms with Gasteiger partial charge in [0, 0.05) is 80.3 Å². The van der Waals surface area contributed by atoms with Crippen molar-refractivity contribution in [1.29, 1.82) is 0 Å². The second kappa shape index (κ2) is 10.7. The highest BCUT2D eigenvalue weighted by Crippen LogP contribution is 2.26. The molecule has 1 saturated heterocycles. The third kappa shape index (κ3) is 5.92. The Kier molecular flexibility index (Phi) is 6.99. The first-order valence-electron chi connectivity index (χ1n) is 12.1. The van der Waals surface area contributed by atoms with Gasteiger partial charge in [0.15, 0.2) is 0 Å². The van der Waals surface area contributed by atoms with Crippen LogP contribution in [0.15, 0.2) is 60.8 Å². The fourth-order valence-corrected chi connectivity index (χ4v) is 4.27. The number of ether oxygens (including phenoxy) is 2. The van der Waals surface area contributed by atoms with Gasteiger partial charge in [-0.15, -0.1) is 0 Å². The molecule has 0 unspecified atom stereocenters. The second-order valence-electron chi connectivity index (χ2n) is 8.87. The van der Waals surface area contributed by atoms with Gasteiger partial charge in [-0.05, 0) is 43.3 Å². The van der Waals surface area contributed by atoms with Gasteiger partial charge in [-0.25, -0.2) is 4.98 Å². The van der Waals surface area contributed by atoms with E-state index >= 15 is 0 Å². The molecular weight excluding hydrogens is 456 g/mol. The first kappa shape index (κ1) is 23.6. The largest absolute Gasteiger partial charge is 0.492 e. The van der Waals surface area contributed by atoms with Crippen LogP contribution in [-0.4, -0.2) is 70.0 Å². The van der Waals surface area contributed by atoms with Gasteiger partial charge in [-0.1, -0.05) is 6.07 Å². The number of rotatable bonds is 8. The van der Waals surface area contributed by atoms with Crippen molar-refractivity contribution in [2.45, 2.75) is 13.8 Å². The molecule has 1 aliphatic heterocycles. The average Bonchev–Trinajstić information content (AvgIpc) is 3.24. The van der Waals surface area contributed by atoms with E-state index in [9.17, 15) is 4.79 Å². The molecule has 2 aromatic heterocycles. The number of nitrogens with one attached hydrogen (secondary N) is 2. The summed E-state index contributed by atoms with van der Waals surface area (Å²) in [6.07, 6.45) is 1.66. The summed E-state index contributed by atoms with van der Waals surface area (Å²) >= 11 is 0. The van der Waals surface area contributed by atoms with Crippen LogP contribution < -0.4 is 14.8 Å². The molecule has 1 fully saturated rings. The molecule has 1 aliphatic rings. The summed E-state index contributed by atoms with van der Waals surface area (Å²) in [6.45, 7) is 8.35. The molecule has 2 aromatic carbocycles. The molecule has 0 radical (unpaired) electrons. The minimum Gasteiger partial charge on any atom is -0.492 e. The molecule has 0 saturated carbocycles. The number of hydrogen-bond donors (Lipinski definition) is 2. The van der Waals surface area contributed by atoms with E-state index in [1.165, 1.54) is 0 Å². The summed E-state index contributed by atoms with van der Waals surface area (Å²) in [7, 11) is 0. The summed E-state index contributed by atoms with van der Waals surface area (Å²) in [5.41, 5.74) is 3.00. The molecular formula is C27H30N6O3. The second-order valence-corrected chi connectivity index (χ2v) is 8.87. The number of nitrogens with zero attached hydrogens (tertiary/aromatic N) is 4. The van der Waals surface area contributed by atoms with Crippen LogP contribution in [0.4, 0.5) is 11.6 Å². The van der Waals surface area contributed by atoms with Crippen molar-refractivity contribution in [2.24, 2.45) is 0 Å². The van der Waals surface area contributed by atoms with E-state index in [1.807, 2.05) is 54.3 Å². The van der Waals surface area contributed by atoms with Crippen molar-refractivity contribution >= 4 is 28.4 Å². The monoisotopic (exact) mass is 486 g/mol. The molecule has 4 aromatic rings. The van der Waals surface area contributed by atoms with Crippen LogP contribution in [0.2, 0.25) is 0 Å². The number of piperazine rings is 1. The van der Waals surface area contributed by atoms with E-state index in [1.54, 1.807) is 19.2 Å². The summed E-state index contributed by atoms with van der Waals surface area (Å²) in [5, 5.41) is 4.31. The summed E-state index contributed by atoms with van der Waals surface area (Å²) < 4.78 is 11.9. The maximum atomic E-state index is 11.5. The van der Waals surface area contributed by atoms with Crippen LogP contribution in [-0.2, 0) is 4.79 Å². The number of hydrogen-bond acceptors (Lipinski definition) is 7. The predicted octanol–water partition coefficient (Wildman–Crippen LogP) is 4.35. The van der Waals surface area contributed by atoms with Gasteiger partial charge in [-0.2, -0.15) is 4.98 Å². The molecule has 0 bridgehead atoms. The van der Waals surface area contributed by atoms with Gasteiger partial charge in [0.2, 0.25) is 17.7 Å². The van der Waals surface area contributed by atoms with E-state index in [4.69, 9.17) is 9.47 Å². The highest BCUT2D eigenvalue weighted by Gasteiger charge is 2.18. The quantitative estimate of drug-likeness (QED) is 0.382. The number of benzene rings is 2. The SMILES string of the molecule is CC(=O)N1CCN(CCOc2cccc(Nc3nccc(Oc4ccc5[nH]c(C)cc5c4)n3)c2)CC1. The van der Waals surface area contributed by atoms with Gasteiger partial charge in [0.25, 0.3) is 0 Å². The minimum absolute atomic E-state index is 0.143. The van der Waals surface area contributed by atoms with Crippen LogP contribution in [0.3, 0.4) is 0 Å². The van der Waals surface area contributed by atoms with Crippen LogP contribution in [0.25, 0.3) is 10.9 Å². The van der Waals surface area contributed by atoms with Crippen molar-refractivity contribution < 1.29 is 14.3 Å². The lowest BCUT2D eigenvalue weighted by Gasteiger charge is -2.34. The standard InChI is InChI=1S/C27H30N6O3/c1-19-16-21-17-24(6-7-25(21)29-19)36-26-8-9-28-27(31-26)30-22-4-3-5-23(18-22)35-15-14-32-10-12-33(13-11-32)20(2)34/h3-9,16-18,29H,10-15H2,1-2H3,(H,28,30,31). The topological polar surface area (TPSA) is 95.6 Å². The molecule has 1 amide bonds. The molecule has 9 heteroatoms. The zero-order valence-electron chi connectivity index (χ0n) is 20.5. The highest BCUT2D eigenvalue weighted by molar-refractivity contribution is 5.81. The number of anilines is 2. The summed E-state index contributed by atoms with van der Waals surface area (Å²) in [4.78, 5) is 27.8. The van der Waals surface area contributed by atoms with Crippen molar-refractivity contribution in [2.75, 3.05) is 44.6 Å². The average molecular weight is 487 g/mol. The van der Waals surface area contributed by atoms with Crippen LogP contribution in [0.5, 0.6) is 17.4 Å². The maximum absolute atomic E-state index is 11.5. The van der Waals surface area contributed by atoms with Crippen molar-refractivity contribution in [3.05, 3.63) is 66.5 Å². The Balaban J connectivity index is 1.15. The number of H-pyrrole nitrogens is 1. The fourth-order valence-electron chi connectivity index (χ4n) is 4.27. The third-order valence-electron chi connectivity index (χ3n) is 6.16. The van der Waals surface area contributed by atoms with E-state index in [0.29, 0.717) is 24.2 Å². The number of aryl methyl sites for hydroxylation is 1. The Morgan fingerprint density at radius 2 is 1.92 bits per heavy atom. The highest BCUT2D eigenvalue weighted by atomic mass is 16.5. The van der Waals surface area contributed by atoms with E-state index in [-0.39, 0.29) is 5.91 Å². The summed E-state index contributed by atoms with van der Waals surface area (Å²) in [6, 6.07) is 17.4. The van der Waals surface area contributed by atoms with Gasteiger partial charge >= 0.3 is 0 Å². The summed E-state index contributed by atoms with van der Waals surface area (Å²) in [5.74, 6) is 2.52. The Bertz CT molecular complexity index is 1350. The minimum atomic E-state index is 0.143. The van der Waals surface area contributed by atoms with Gasteiger partial charge in [0.1, 0.15) is 18.1 Å². The zero-order valence-corrected chi connectivity index (χ0v) is 20.5. The molecule has 2 N–H and O–H groups in total. The van der Waals surface area contributed by atoms with Crippen LogP contribution in [0, 0.1) is 6.92 Å². The third-order valence-corrected chi connectivity index (χ3v) is 6.16. The normalized spacial score (nSPS) is 14.1. The molecule has 0 spiro atoms. The van der Waals surface area contributed by atoms with Gasteiger partial charge in [-0.3, -0.25) is 9.69 Å². The molecule has 0 atom stereocenters. The van der Waals surface area contributed by atoms with Crippen molar-refractivity contribution in [1.82, 2.24) is 24.8 Å². The lowest BCUT2D eigenvalue weighted by molar-refractivity contribution is -0.130. The Morgan fingerprint density at radius 3 is 2.75 bits per heavy atom. The number of aromatic amines is 1. The Morgan fingerprint density at radius 1 is 1.06 bits per heavy atom. The number of fused-ring (bicyclic) bond motifs is 1. The first-order valence-corrected chi connectivity index (χ1v) is 12.1. The number of aromatic nitrogens is 3. The van der Waals surface area contributed by atoms with Crippen molar-refractivity contribution in [3.8, 4) is 17.4 Å². The zero-order chi connectivity index (χ0) is 24.9. The van der Waals surface area contributed by atoms with E-state index in [0.717, 1.165) is 60.8 Å². The molecule has 0 aliphatic carbocycles. The smallest absolute Gasteiger partial charge is 0.230 e. The number of carbonyl (C=O) groups excluding carboxylic acids is 1. The lowest BCUT2D eigenvalue weighted by atomic mass is 10.2. The van der Waals surface area contributed by atoms with Crippen LogP contribution in [0.1, 0.15) is 12.6 Å². The Hall–Kier alpha value is -4.11. The first-order chi connectivity index (χ1) is 17.5.